The van der Waals surface area contributed by atoms with Crippen molar-refractivity contribution in [1.29, 1.82) is 0 Å². The minimum Gasteiger partial charge on any atom is -0.481 e. The molecule has 5 heteroatoms. The second-order valence-electron chi connectivity index (χ2n) is 5.19. The lowest BCUT2D eigenvalue weighted by molar-refractivity contribution is -0.137. The topological polar surface area (TPSA) is 78.4 Å². The first kappa shape index (κ1) is 17.0. The summed E-state index contributed by atoms with van der Waals surface area (Å²) >= 11 is 0. The molecule has 0 bridgehead atoms. The first-order chi connectivity index (χ1) is 10.0. The van der Waals surface area contributed by atoms with Gasteiger partial charge in [-0.15, -0.1) is 0 Å². The molecular formula is C16H24N2O3. The molecule has 0 saturated heterocycles. The molecule has 21 heavy (non-hydrogen) atoms. The Balaban J connectivity index is 2.29. The Labute approximate surface area is 125 Å². The van der Waals surface area contributed by atoms with E-state index in [0.29, 0.717) is 18.9 Å². The van der Waals surface area contributed by atoms with Crippen molar-refractivity contribution in [1.82, 2.24) is 5.32 Å². The largest absolute Gasteiger partial charge is 0.481 e. The molecule has 1 unspecified atom stereocenters. The monoisotopic (exact) mass is 292 g/mol. The minimum absolute atomic E-state index is 0.188. The summed E-state index contributed by atoms with van der Waals surface area (Å²) < 4.78 is 0. The summed E-state index contributed by atoms with van der Waals surface area (Å²) in [6.45, 7) is 4.53. The van der Waals surface area contributed by atoms with Crippen LogP contribution in [0.5, 0.6) is 0 Å². The summed E-state index contributed by atoms with van der Waals surface area (Å²) in [6, 6.07) is 7.37. The molecule has 116 valence electrons. The Kier molecular flexibility index (Phi) is 7.29. The zero-order valence-corrected chi connectivity index (χ0v) is 12.7. The van der Waals surface area contributed by atoms with E-state index in [0.717, 1.165) is 24.1 Å². The minimum atomic E-state index is -0.765. The molecule has 0 fully saturated rings. The van der Waals surface area contributed by atoms with Gasteiger partial charge in [-0.05, 0) is 37.3 Å². The lowest BCUT2D eigenvalue weighted by Gasteiger charge is -2.14. The van der Waals surface area contributed by atoms with Gasteiger partial charge in [-0.1, -0.05) is 31.5 Å². The third kappa shape index (κ3) is 6.79. The summed E-state index contributed by atoms with van der Waals surface area (Å²) in [5.74, 6) is -0.432. The van der Waals surface area contributed by atoms with Crippen molar-refractivity contribution in [2.75, 3.05) is 11.9 Å². The van der Waals surface area contributed by atoms with Crippen molar-refractivity contribution in [3.8, 4) is 0 Å². The molecule has 0 aliphatic carbocycles. The molecule has 1 aromatic rings. The van der Waals surface area contributed by atoms with Gasteiger partial charge in [0.25, 0.3) is 0 Å². The maximum Gasteiger partial charge on any atom is 0.319 e. The highest BCUT2D eigenvalue weighted by Gasteiger charge is 2.10. The van der Waals surface area contributed by atoms with Crippen LogP contribution in [0.4, 0.5) is 10.5 Å². The number of carboxylic acids is 1. The number of hydrogen-bond donors (Lipinski definition) is 3. The van der Waals surface area contributed by atoms with Gasteiger partial charge in [0.2, 0.25) is 0 Å². The van der Waals surface area contributed by atoms with Gasteiger partial charge in [-0.25, -0.2) is 4.79 Å². The zero-order valence-electron chi connectivity index (χ0n) is 12.7. The fourth-order valence-corrected chi connectivity index (χ4v) is 2.15. The Morgan fingerprint density at radius 1 is 1.24 bits per heavy atom. The van der Waals surface area contributed by atoms with Crippen LogP contribution in [-0.4, -0.2) is 23.7 Å². The van der Waals surface area contributed by atoms with Gasteiger partial charge >= 0.3 is 12.0 Å². The van der Waals surface area contributed by atoms with E-state index in [9.17, 15) is 9.59 Å². The number of hydrogen-bond acceptors (Lipinski definition) is 2. The number of nitrogens with one attached hydrogen (secondary N) is 2. The molecular weight excluding hydrogens is 268 g/mol. The molecule has 1 aromatic carbocycles. The van der Waals surface area contributed by atoms with E-state index in [1.165, 1.54) is 0 Å². The van der Waals surface area contributed by atoms with E-state index < -0.39 is 5.97 Å². The average Bonchev–Trinajstić information content (AvgIpc) is 2.45. The predicted molar refractivity (Wildman–Crippen MR) is 83.5 cm³/mol. The highest BCUT2D eigenvalue weighted by molar-refractivity contribution is 5.89. The molecule has 0 radical (unpaired) electrons. The number of rotatable bonds is 8. The predicted octanol–water partition coefficient (Wildman–Crippen LogP) is 3.40. The van der Waals surface area contributed by atoms with Crippen LogP contribution in [0.25, 0.3) is 0 Å². The maximum absolute atomic E-state index is 11.8. The summed E-state index contributed by atoms with van der Waals surface area (Å²) in [5, 5.41) is 14.3. The van der Waals surface area contributed by atoms with Gasteiger partial charge in [-0.3, -0.25) is 4.79 Å². The number of carbonyl (C=O) groups excluding carboxylic acids is 1. The van der Waals surface area contributed by atoms with Gasteiger partial charge in [-0.2, -0.15) is 0 Å². The number of aryl methyl sites for hydroxylation is 1. The quantitative estimate of drug-likeness (QED) is 0.687. The van der Waals surface area contributed by atoms with Gasteiger partial charge in [0.15, 0.2) is 0 Å². The second-order valence-corrected chi connectivity index (χ2v) is 5.19. The SMILES string of the molecule is CCC(CCNC(=O)Nc1ccccc1C)CCC(=O)O. The third-order valence-corrected chi connectivity index (χ3v) is 3.58. The summed E-state index contributed by atoms with van der Waals surface area (Å²) in [6.07, 6.45) is 2.57. The Hall–Kier alpha value is -2.04. The Morgan fingerprint density at radius 2 is 1.95 bits per heavy atom. The molecule has 5 nitrogen and oxygen atoms in total. The Morgan fingerprint density at radius 3 is 2.57 bits per heavy atom. The highest BCUT2D eigenvalue weighted by atomic mass is 16.4. The number of carboxylic acid groups (broad SMARTS) is 1. The first-order valence-electron chi connectivity index (χ1n) is 7.35. The fourth-order valence-electron chi connectivity index (χ4n) is 2.15. The van der Waals surface area contributed by atoms with Crippen LogP contribution in [0.15, 0.2) is 24.3 Å². The standard InChI is InChI=1S/C16H24N2O3/c1-3-13(8-9-15(19)20)10-11-17-16(21)18-14-7-5-4-6-12(14)2/h4-7,13H,3,8-11H2,1-2H3,(H,19,20)(H2,17,18,21). The van der Waals surface area contributed by atoms with Gasteiger partial charge in [0.05, 0.1) is 0 Å². The van der Waals surface area contributed by atoms with Crippen LogP contribution in [0, 0.1) is 12.8 Å². The number of aliphatic carboxylic acids is 1. The van der Waals surface area contributed by atoms with Crippen LogP contribution in [-0.2, 0) is 4.79 Å². The fraction of sp³-hybridized carbons (Fsp3) is 0.500. The van der Waals surface area contributed by atoms with Gasteiger partial charge in [0.1, 0.15) is 0 Å². The molecule has 0 spiro atoms. The number of anilines is 1. The molecule has 0 aromatic heterocycles. The van der Waals surface area contributed by atoms with E-state index in [1.54, 1.807) is 0 Å². The average molecular weight is 292 g/mol. The van der Waals surface area contributed by atoms with E-state index in [4.69, 9.17) is 5.11 Å². The molecule has 1 atom stereocenters. The van der Waals surface area contributed by atoms with Crippen LogP contribution in [0.1, 0.15) is 38.2 Å². The van der Waals surface area contributed by atoms with Gasteiger partial charge in [0, 0.05) is 18.7 Å². The Bertz CT molecular complexity index is 474. The van der Waals surface area contributed by atoms with E-state index in [2.05, 4.69) is 10.6 Å². The summed E-state index contributed by atoms with van der Waals surface area (Å²) in [7, 11) is 0. The second kappa shape index (κ2) is 9.00. The number of para-hydroxylation sites is 1. The highest BCUT2D eigenvalue weighted by Crippen LogP contribution is 2.15. The van der Waals surface area contributed by atoms with Crippen molar-refractivity contribution in [2.24, 2.45) is 5.92 Å². The molecule has 0 saturated carbocycles. The van der Waals surface area contributed by atoms with Crippen LogP contribution in [0.2, 0.25) is 0 Å². The van der Waals surface area contributed by atoms with E-state index in [1.807, 2.05) is 38.1 Å². The van der Waals surface area contributed by atoms with Crippen molar-refractivity contribution < 1.29 is 14.7 Å². The molecule has 2 amide bonds. The normalized spacial score (nSPS) is 11.7. The molecule has 3 N–H and O–H groups in total. The summed E-state index contributed by atoms with van der Waals surface area (Å²) in [5.41, 5.74) is 1.81. The number of amides is 2. The molecule has 0 aliphatic rings. The first-order valence-corrected chi connectivity index (χ1v) is 7.35. The van der Waals surface area contributed by atoms with Crippen molar-refractivity contribution >= 4 is 17.7 Å². The third-order valence-electron chi connectivity index (χ3n) is 3.58. The van der Waals surface area contributed by atoms with Crippen molar-refractivity contribution in [3.63, 3.8) is 0 Å². The zero-order chi connectivity index (χ0) is 15.7. The van der Waals surface area contributed by atoms with Crippen LogP contribution in [0.3, 0.4) is 0 Å². The maximum atomic E-state index is 11.8. The van der Waals surface area contributed by atoms with Gasteiger partial charge < -0.3 is 15.7 Å². The molecule has 0 aliphatic heterocycles. The van der Waals surface area contributed by atoms with Crippen LogP contribution >= 0.6 is 0 Å². The molecule has 1 rings (SSSR count). The lowest BCUT2D eigenvalue weighted by atomic mass is 9.97. The van der Waals surface area contributed by atoms with E-state index >= 15 is 0 Å². The number of benzene rings is 1. The van der Waals surface area contributed by atoms with Crippen molar-refractivity contribution in [3.05, 3.63) is 29.8 Å². The molecule has 0 heterocycles. The van der Waals surface area contributed by atoms with E-state index in [-0.39, 0.29) is 12.5 Å². The van der Waals surface area contributed by atoms with Crippen LogP contribution < -0.4 is 10.6 Å². The smallest absolute Gasteiger partial charge is 0.319 e. The number of urea groups is 1. The summed E-state index contributed by atoms with van der Waals surface area (Å²) in [4.78, 5) is 22.3. The van der Waals surface area contributed by atoms with Crippen molar-refractivity contribution in [2.45, 2.75) is 39.5 Å². The number of carbonyl (C=O) groups is 2. The lowest BCUT2D eigenvalue weighted by Crippen LogP contribution is -2.30.